The molecule has 0 unspecified atom stereocenters. The summed E-state index contributed by atoms with van der Waals surface area (Å²) in [5.74, 6) is -0.167. The van der Waals surface area contributed by atoms with Crippen LogP contribution in [0.4, 0.5) is 5.69 Å². The van der Waals surface area contributed by atoms with Crippen molar-refractivity contribution < 1.29 is 17.9 Å². The Morgan fingerprint density at radius 2 is 1.92 bits per heavy atom. The number of benzene rings is 1. The van der Waals surface area contributed by atoms with Crippen LogP contribution in [0.5, 0.6) is 5.75 Å². The monoisotopic (exact) mass is 349 g/mol. The van der Waals surface area contributed by atoms with Crippen molar-refractivity contribution >= 4 is 21.6 Å². The van der Waals surface area contributed by atoms with Gasteiger partial charge < -0.3 is 10.1 Å². The van der Waals surface area contributed by atoms with E-state index in [0.717, 1.165) is 10.00 Å². The number of ether oxygens (including phenoxy) is 1. The van der Waals surface area contributed by atoms with Crippen LogP contribution >= 0.6 is 0 Å². The lowest BCUT2D eigenvalue weighted by Gasteiger charge is -2.16. The number of methoxy groups -OCH3 is 1. The van der Waals surface area contributed by atoms with Crippen molar-refractivity contribution in [1.82, 2.24) is 9.29 Å². The van der Waals surface area contributed by atoms with Crippen molar-refractivity contribution in [2.24, 2.45) is 0 Å². The normalized spacial score (nSPS) is 11.4. The fourth-order valence-electron chi connectivity index (χ4n) is 1.96. The first-order valence-corrected chi connectivity index (χ1v) is 8.54. The highest BCUT2D eigenvalue weighted by Gasteiger charge is 2.23. The third-order valence-electron chi connectivity index (χ3n) is 3.35. The van der Waals surface area contributed by atoms with Gasteiger partial charge in [-0.25, -0.2) is 12.7 Å². The number of anilines is 1. The number of hydrogen-bond donors (Lipinski definition) is 1. The topological polar surface area (TPSA) is 88.6 Å². The zero-order valence-electron chi connectivity index (χ0n) is 13.9. The van der Waals surface area contributed by atoms with Gasteiger partial charge in [0.15, 0.2) is 0 Å². The maximum absolute atomic E-state index is 12.4. The van der Waals surface area contributed by atoms with Gasteiger partial charge in [0.05, 0.1) is 12.7 Å². The van der Waals surface area contributed by atoms with Crippen molar-refractivity contribution in [3.8, 4) is 5.75 Å². The fraction of sp³-hybridized carbons (Fsp3) is 0.250. The number of aromatic nitrogens is 1. The molecule has 0 aliphatic rings. The molecule has 128 valence electrons. The van der Waals surface area contributed by atoms with Crippen LogP contribution in [-0.2, 0) is 10.0 Å². The Kier molecular flexibility index (Phi) is 5.20. The summed E-state index contributed by atoms with van der Waals surface area (Å²) >= 11 is 0. The average molecular weight is 349 g/mol. The highest BCUT2D eigenvalue weighted by Crippen LogP contribution is 2.29. The molecule has 1 N–H and O–H groups in total. The van der Waals surface area contributed by atoms with E-state index in [-0.39, 0.29) is 16.6 Å². The van der Waals surface area contributed by atoms with Gasteiger partial charge in [0.1, 0.15) is 10.6 Å². The van der Waals surface area contributed by atoms with Crippen molar-refractivity contribution in [2.45, 2.75) is 11.8 Å². The number of amides is 1. The minimum atomic E-state index is -3.70. The molecule has 1 amide bonds. The van der Waals surface area contributed by atoms with E-state index >= 15 is 0 Å². The van der Waals surface area contributed by atoms with E-state index in [1.54, 1.807) is 18.2 Å². The molecule has 0 saturated carbocycles. The lowest BCUT2D eigenvalue weighted by Crippen LogP contribution is -2.23. The molecule has 1 heterocycles. The van der Waals surface area contributed by atoms with Crippen LogP contribution in [0.25, 0.3) is 0 Å². The Labute approximate surface area is 141 Å². The summed E-state index contributed by atoms with van der Waals surface area (Å²) in [6, 6.07) is 7.82. The molecule has 0 bridgehead atoms. The van der Waals surface area contributed by atoms with Crippen molar-refractivity contribution in [1.29, 1.82) is 0 Å². The van der Waals surface area contributed by atoms with Crippen LogP contribution in [0.2, 0.25) is 0 Å². The van der Waals surface area contributed by atoms with E-state index in [4.69, 9.17) is 4.74 Å². The SMILES string of the molecule is COc1ccc(NC(=O)c2ccc(C)nc2)cc1S(=O)(=O)N(C)C. The number of carbonyl (C=O) groups excluding carboxylic acids is 1. The highest BCUT2D eigenvalue weighted by molar-refractivity contribution is 7.89. The molecule has 0 aliphatic heterocycles. The molecular formula is C16H19N3O4S. The predicted octanol–water partition coefficient (Wildman–Crippen LogP) is 1.90. The molecule has 0 aliphatic carbocycles. The van der Waals surface area contributed by atoms with E-state index in [9.17, 15) is 13.2 Å². The number of carbonyl (C=O) groups is 1. The highest BCUT2D eigenvalue weighted by atomic mass is 32.2. The second-order valence-electron chi connectivity index (χ2n) is 5.30. The quantitative estimate of drug-likeness (QED) is 0.891. The Hall–Kier alpha value is -2.45. The van der Waals surface area contributed by atoms with E-state index in [1.807, 2.05) is 6.92 Å². The molecular weight excluding hydrogens is 330 g/mol. The first kappa shape index (κ1) is 17.9. The lowest BCUT2D eigenvalue weighted by atomic mass is 10.2. The first-order valence-electron chi connectivity index (χ1n) is 7.10. The third kappa shape index (κ3) is 3.72. The largest absolute Gasteiger partial charge is 0.495 e. The van der Waals surface area contributed by atoms with E-state index in [0.29, 0.717) is 11.3 Å². The smallest absolute Gasteiger partial charge is 0.257 e. The van der Waals surface area contributed by atoms with Gasteiger partial charge in [-0.2, -0.15) is 0 Å². The van der Waals surface area contributed by atoms with E-state index < -0.39 is 10.0 Å². The molecule has 0 fully saturated rings. The summed E-state index contributed by atoms with van der Waals surface area (Å²) in [5, 5.41) is 2.66. The molecule has 0 saturated heterocycles. The van der Waals surface area contributed by atoms with Crippen LogP contribution in [0.3, 0.4) is 0 Å². The average Bonchev–Trinajstić information content (AvgIpc) is 2.55. The number of aryl methyl sites for hydroxylation is 1. The zero-order chi connectivity index (χ0) is 17.9. The van der Waals surface area contributed by atoms with Crippen LogP contribution in [0, 0.1) is 6.92 Å². The fourth-order valence-corrected chi connectivity index (χ4v) is 3.03. The minimum absolute atomic E-state index is 0.0187. The van der Waals surface area contributed by atoms with Gasteiger partial charge in [0.2, 0.25) is 10.0 Å². The molecule has 0 spiro atoms. The number of rotatable bonds is 5. The van der Waals surface area contributed by atoms with Crippen molar-refractivity contribution in [2.75, 3.05) is 26.5 Å². The summed E-state index contributed by atoms with van der Waals surface area (Å²) in [4.78, 5) is 16.3. The summed E-state index contributed by atoms with van der Waals surface area (Å²) < 4.78 is 31.0. The molecule has 7 nitrogen and oxygen atoms in total. The maximum atomic E-state index is 12.4. The number of sulfonamides is 1. The Morgan fingerprint density at radius 1 is 1.21 bits per heavy atom. The number of pyridine rings is 1. The van der Waals surface area contributed by atoms with Gasteiger partial charge in [-0.15, -0.1) is 0 Å². The van der Waals surface area contributed by atoms with Crippen molar-refractivity contribution in [3.05, 3.63) is 47.8 Å². The molecule has 2 rings (SSSR count). The van der Waals surface area contributed by atoms with Crippen molar-refractivity contribution in [3.63, 3.8) is 0 Å². The molecule has 0 atom stereocenters. The number of nitrogens with zero attached hydrogens (tertiary/aromatic N) is 2. The predicted molar refractivity (Wildman–Crippen MR) is 90.8 cm³/mol. The molecule has 1 aromatic heterocycles. The van der Waals surface area contributed by atoms with E-state index in [1.165, 1.54) is 39.5 Å². The Morgan fingerprint density at radius 3 is 2.46 bits per heavy atom. The van der Waals surface area contributed by atoms with Gasteiger partial charge in [-0.3, -0.25) is 9.78 Å². The van der Waals surface area contributed by atoms with Crippen LogP contribution in [-0.4, -0.2) is 44.8 Å². The molecule has 2 aromatic rings. The minimum Gasteiger partial charge on any atom is -0.495 e. The number of nitrogens with one attached hydrogen (secondary N) is 1. The summed E-state index contributed by atoms with van der Waals surface area (Å²) in [6.45, 7) is 1.82. The second-order valence-corrected chi connectivity index (χ2v) is 7.42. The van der Waals surface area contributed by atoms with Gasteiger partial charge in [-0.05, 0) is 37.3 Å². The lowest BCUT2D eigenvalue weighted by molar-refractivity contribution is 0.102. The Balaban J connectivity index is 2.35. The van der Waals surface area contributed by atoms with Gasteiger partial charge >= 0.3 is 0 Å². The standard InChI is InChI=1S/C16H19N3O4S/c1-11-5-6-12(10-17-11)16(20)18-13-7-8-14(23-4)15(9-13)24(21,22)19(2)3/h5-10H,1-4H3,(H,18,20). The van der Waals surface area contributed by atoms with Gasteiger partial charge in [-0.1, -0.05) is 0 Å². The summed E-state index contributed by atoms with van der Waals surface area (Å²) in [5.41, 5.74) is 1.53. The molecule has 1 aromatic carbocycles. The van der Waals surface area contributed by atoms with Crippen LogP contribution in [0.15, 0.2) is 41.4 Å². The van der Waals surface area contributed by atoms with Crippen LogP contribution in [0.1, 0.15) is 16.1 Å². The first-order chi connectivity index (χ1) is 11.3. The van der Waals surface area contributed by atoms with Gasteiger partial charge in [0, 0.05) is 31.7 Å². The molecule has 0 radical (unpaired) electrons. The van der Waals surface area contributed by atoms with E-state index in [2.05, 4.69) is 10.3 Å². The van der Waals surface area contributed by atoms with Gasteiger partial charge in [0.25, 0.3) is 5.91 Å². The maximum Gasteiger partial charge on any atom is 0.257 e. The van der Waals surface area contributed by atoms with Crippen LogP contribution < -0.4 is 10.1 Å². The molecule has 8 heteroatoms. The Bertz CT molecular complexity index is 846. The number of hydrogen-bond acceptors (Lipinski definition) is 5. The zero-order valence-corrected chi connectivity index (χ0v) is 14.7. The second kappa shape index (κ2) is 6.98. The summed E-state index contributed by atoms with van der Waals surface area (Å²) in [6.07, 6.45) is 1.46. The third-order valence-corrected chi connectivity index (χ3v) is 5.19. The summed E-state index contributed by atoms with van der Waals surface area (Å²) in [7, 11) is 0.543. The molecule has 24 heavy (non-hydrogen) atoms.